The van der Waals surface area contributed by atoms with Gasteiger partial charge in [-0.3, -0.25) is 9.59 Å². The fourth-order valence-electron chi connectivity index (χ4n) is 5.22. The van der Waals surface area contributed by atoms with Gasteiger partial charge in [-0.15, -0.1) is 0 Å². The lowest BCUT2D eigenvalue weighted by Crippen LogP contribution is -2.55. The second kappa shape index (κ2) is 34.8. The first kappa shape index (κ1) is 48.8. The molecule has 0 spiro atoms. The van der Waals surface area contributed by atoms with Crippen LogP contribution in [0.1, 0.15) is 136 Å². The Morgan fingerprint density at radius 2 is 1.10 bits per heavy atom. The lowest BCUT2D eigenvalue weighted by molar-refractivity contribution is -0.889. The van der Waals surface area contributed by atoms with Gasteiger partial charge in [-0.1, -0.05) is 112 Å². The number of hydrogen-bond donors (Lipinski definition) is 0. The standard InChI is InChI=1S/C44H73NO7/c1-6-8-10-12-14-16-17-18-19-20-21-22-23-24-25-27-28-30-32-34-42(46)51-39-40(38-50-37-36-41(44(48)49)45(3,4)5)52-43(47)35-33-31-29-26-15-13-11-9-7-2/h8,10,14,16,18-19,21-22,24-26,29,40-41H,6-7,9,11-13,15,17,20,23,27-28,30-39H2,1-5H3/b10-8+,16-14+,19-18+,22-21+,25-24+,29-26+. The largest absolute Gasteiger partial charge is 0.544 e. The van der Waals surface area contributed by atoms with Crippen LogP contribution in [0.25, 0.3) is 0 Å². The first-order chi connectivity index (χ1) is 25.1. The molecule has 0 aromatic rings. The van der Waals surface area contributed by atoms with Crippen molar-refractivity contribution in [1.29, 1.82) is 0 Å². The summed E-state index contributed by atoms with van der Waals surface area (Å²) in [5.41, 5.74) is 0. The average Bonchev–Trinajstić information content (AvgIpc) is 3.09. The molecule has 0 aliphatic rings. The quantitative estimate of drug-likeness (QED) is 0.0282. The molecule has 0 amide bonds. The van der Waals surface area contributed by atoms with Crippen molar-refractivity contribution < 1.29 is 38.2 Å². The smallest absolute Gasteiger partial charge is 0.306 e. The second-order valence-corrected chi connectivity index (χ2v) is 14.1. The van der Waals surface area contributed by atoms with Crippen molar-refractivity contribution in [2.45, 2.75) is 148 Å². The SMILES string of the molecule is CC/C=C/C/C=C/C/C=C/C/C=C/C/C=C/CCCCCC(=O)OCC(COCCC(C(=O)[O-])[N+](C)(C)C)OC(=O)CCC/C=C/CCCCCC. The molecule has 0 aliphatic carbocycles. The van der Waals surface area contributed by atoms with Crippen LogP contribution in [0.4, 0.5) is 0 Å². The maximum absolute atomic E-state index is 12.6. The highest BCUT2D eigenvalue weighted by Gasteiger charge is 2.25. The lowest BCUT2D eigenvalue weighted by Gasteiger charge is -2.34. The number of hydrogen-bond acceptors (Lipinski definition) is 7. The molecule has 0 saturated carbocycles. The summed E-state index contributed by atoms with van der Waals surface area (Å²) in [6, 6.07) is -0.737. The average molecular weight is 728 g/mol. The van der Waals surface area contributed by atoms with E-state index in [1.54, 1.807) is 21.1 Å². The predicted molar refractivity (Wildman–Crippen MR) is 212 cm³/mol. The summed E-state index contributed by atoms with van der Waals surface area (Å²) in [6.45, 7) is 4.41. The molecule has 0 aliphatic heterocycles. The van der Waals surface area contributed by atoms with Crippen LogP contribution in [0.15, 0.2) is 72.9 Å². The third-order valence-corrected chi connectivity index (χ3v) is 8.33. The van der Waals surface area contributed by atoms with Crippen LogP contribution in [0.3, 0.4) is 0 Å². The molecular formula is C44H73NO7. The molecule has 0 aromatic heterocycles. The van der Waals surface area contributed by atoms with Crippen molar-refractivity contribution >= 4 is 17.9 Å². The second-order valence-electron chi connectivity index (χ2n) is 14.1. The van der Waals surface area contributed by atoms with Crippen molar-refractivity contribution in [3.63, 3.8) is 0 Å². The van der Waals surface area contributed by atoms with Crippen LogP contribution >= 0.6 is 0 Å². The minimum absolute atomic E-state index is 0.0147. The number of ether oxygens (including phenoxy) is 3. The van der Waals surface area contributed by atoms with E-state index in [1.165, 1.54) is 25.7 Å². The summed E-state index contributed by atoms with van der Waals surface area (Å²) in [6.07, 6.45) is 42.3. The van der Waals surface area contributed by atoms with E-state index in [0.29, 0.717) is 12.8 Å². The molecule has 0 rings (SSSR count). The number of allylic oxidation sites excluding steroid dienone is 12. The lowest BCUT2D eigenvalue weighted by atomic mass is 10.1. The Morgan fingerprint density at radius 3 is 1.63 bits per heavy atom. The molecule has 0 bridgehead atoms. The molecule has 296 valence electrons. The van der Waals surface area contributed by atoms with Gasteiger partial charge in [-0.2, -0.15) is 0 Å². The van der Waals surface area contributed by atoms with Gasteiger partial charge in [0, 0.05) is 19.3 Å². The number of carboxylic acid groups (broad SMARTS) is 1. The fraction of sp³-hybridized carbons (Fsp3) is 0.659. The van der Waals surface area contributed by atoms with Gasteiger partial charge in [-0.25, -0.2) is 0 Å². The Balaban J connectivity index is 4.43. The van der Waals surface area contributed by atoms with Gasteiger partial charge in [0.2, 0.25) is 0 Å². The van der Waals surface area contributed by atoms with Crippen LogP contribution in [0, 0.1) is 0 Å². The molecule has 52 heavy (non-hydrogen) atoms. The van der Waals surface area contributed by atoms with E-state index in [2.05, 4.69) is 86.8 Å². The van der Waals surface area contributed by atoms with Gasteiger partial charge >= 0.3 is 11.9 Å². The summed E-state index contributed by atoms with van der Waals surface area (Å²) in [5.74, 6) is -1.84. The van der Waals surface area contributed by atoms with E-state index in [9.17, 15) is 19.5 Å². The highest BCUT2D eigenvalue weighted by molar-refractivity contribution is 5.70. The summed E-state index contributed by atoms with van der Waals surface area (Å²) in [7, 11) is 5.37. The van der Waals surface area contributed by atoms with Gasteiger partial charge < -0.3 is 28.6 Å². The third-order valence-electron chi connectivity index (χ3n) is 8.33. The molecule has 0 aromatic carbocycles. The first-order valence-electron chi connectivity index (χ1n) is 20.0. The summed E-state index contributed by atoms with van der Waals surface area (Å²) >= 11 is 0. The topological polar surface area (TPSA) is 102 Å². The molecule has 0 fully saturated rings. The number of unbranched alkanes of at least 4 members (excludes halogenated alkanes) is 8. The van der Waals surface area contributed by atoms with E-state index in [1.807, 2.05) is 0 Å². The minimum Gasteiger partial charge on any atom is -0.544 e. The Morgan fingerprint density at radius 1 is 0.596 bits per heavy atom. The zero-order valence-electron chi connectivity index (χ0n) is 33.4. The van der Waals surface area contributed by atoms with Crippen molar-refractivity contribution in [3.8, 4) is 0 Å². The van der Waals surface area contributed by atoms with E-state index < -0.39 is 18.1 Å². The molecule has 8 heteroatoms. The van der Waals surface area contributed by atoms with Crippen molar-refractivity contribution in [1.82, 2.24) is 0 Å². The van der Waals surface area contributed by atoms with Crippen LogP contribution < -0.4 is 5.11 Å². The number of esters is 2. The Kier molecular flexibility index (Phi) is 32.7. The monoisotopic (exact) mass is 728 g/mol. The molecule has 0 saturated heterocycles. The zero-order chi connectivity index (χ0) is 38.5. The van der Waals surface area contributed by atoms with E-state index in [0.717, 1.165) is 70.6 Å². The van der Waals surface area contributed by atoms with Crippen molar-refractivity contribution in [2.24, 2.45) is 0 Å². The number of aliphatic carboxylic acids is 1. The van der Waals surface area contributed by atoms with Crippen LogP contribution in [-0.2, 0) is 28.6 Å². The number of carbonyl (C=O) groups is 3. The van der Waals surface area contributed by atoms with Gasteiger partial charge in [0.25, 0.3) is 0 Å². The van der Waals surface area contributed by atoms with E-state index in [-0.39, 0.29) is 49.1 Å². The fourth-order valence-corrected chi connectivity index (χ4v) is 5.22. The minimum atomic E-state index is -1.14. The number of carboxylic acids is 1. The van der Waals surface area contributed by atoms with Gasteiger partial charge in [-0.05, 0) is 77.0 Å². The summed E-state index contributed by atoms with van der Waals surface area (Å²) < 4.78 is 17.0. The van der Waals surface area contributed by atoms with E-state index in [4.69, 9.17) is 14.2 Å². The molecule has 8 nitrogen and oxygen atoms in total. The van der Waals surface area contributed by atoms with Crippen LogP contribution in [0.5, 0.6) is 0 Å². The van der Waals surface area contributed by atoms with E-state index >= 15 is 0 Å². The summed E-state index contributed by atoms with van der Waals surface area (Å²) in [5, 5.41) is 11.6. The van der Waals surface area contributed by atoms with Crippen molar-refractivity contribution in [3.05, 3.63) is 72.9 Å². The number of carbonyl (C=O) groups excluding carboxylic acids is 3. The highest BCUT2D eigenvalue weighted by Crippen LogP contribution is 2.11. The number of rotatable bonds is 34. The molecular weight excluding hydrogens is 654 g/mol. The van der Waals surface area contributed by atoms with Gasteiger partial charge in [0.15, 0.2) is 6.10 Å². The maximum Gasteiger partial charge on any atom is 0.306 e. The molecule has 0 N–H and O–H groups in total. The van der Waals surface area contributed by atoms with Crippen molar-refractivity contribution in [2.75, 3.05) is 41.0 Å². The molecule has 0 heterocycles. The first-order valence-corrected chi connectivity index (χ1v) is 20.0. The number of nitrogens with zero attached hydrogens (tertiary/aromatic N) is 1. The summed E-state index contributed by atoms with van der Waals surface area (Å²) in [4.78, 5) is 36.6. The normalized spacial score (nSPS) is 13.8. The molecule has 2 unspecified atom stereocenters. The molecule has 0 radical (unpaired) electrons. The molecule has 2 atom stereocenters. The predicted octanol–water partition coefficient (Wildman–Crippen LogP) is 9.07. The zero-order valence-corrected chi connectivity index (χ0v) is 33.4. The Hall–Kier alpha value is -3.23. The maximum atomic E-state index is 12.6. The number of quaternary nitrogens is 1. The Labute approximate surface area is 317 Å². The highest BCUT2D eigenvalue weighted by atomic mass is 16.6. The van der Waals surface area contributed by atoms with Gasteiger partial charge in [0.1, 0.15) is 12.6 Å². The van der Waals surface area contributed by atoms with Crippen LogP contribution in [-0.4, -0.2) is 75.5 Å². The van der Waals surface area contributed by atoms with Gasteiger partial charge in [0.05, 0.1) is 40.3 Å². The third kappa shape index (κ3) is 32.7. The Bertz CT molecular complexity index is 1080. The number of likely N-dealkylation sites (N-methyl/N-ethyl adjacent to an activating group) is 1. The van der Waals surface area contributed by atoms with Crippen LogP contribution in [0.2, 0.25) is 0 Å².